The molecule has 0 atom stereocenters. The minimum absolute atomic E-state index is 0.217. The predicted molar refractivity (Wildman–Crippen MR) is 99.4 cm³/mol. The first-order valence-electron chi connectivity index (χ1n) is 8.55. The second-order valence-electron chi connectivity index (χ2n) is 6.92. The van der Waals surface area contributed by atoms with Gasteiger partial charge in [0.25, 0.3) is 0 Å². The van der Waals surface area contributed by atoms with Crippen LogP contribution in [0.4, 0.5) is 0 Å². The Kier molecular flexibility index (Phi) is 5.07. The highest BCUT2D eigenvalue weighted by molar-refractivity contribution is 6.65. The molecule has 2 aromatic carbocycles. The molecule has 24 heavy (non-hydrogen) atoms. The minimum Gasteiger partial charge on any atom is -0.299 e. The average Bonchev–Trinajstić information content (AvgIpc) is 2.59. The first-order chi connectivity index (χ1) is 11.5. The number of carbonyl (C=O) groups is 1. The van der Waals surface area contributed by atoms with Crippen molar-refractivity contribution in [2.24, 2.45) is 0 Å². The summed E-state index contributed by atoms with van der Waals surface area (Å²) >= 11 is 6.09. The van der Waals surface area contributed by atoms with E-state index in [9.17, 15) is 4.79 Å². The number of nitrogens with zero attached hydrogens (tertiary/aromatic N) is 1. The number of likely N-dealkylation sites (tertiary alicyclic amines) is 1. The van der Waals surface area contributed by atoms with Gasteiger partial charge in [0.1, 0.15) is 0 Å². The third-order valence-corrected chi connectivity index (χ3v) is 5.76. The summed E-state index contributed by atoms with van der Waals surface area (Å²) in [5.74, 6) is 0. The molecule has 2 aromatic rings. The van der Waals surface area contributed by atoms with Crippen LogP contribution in [0.5, 0.6) is 0 Å². The summed E-state index contributed by atoms with van der Waals surface area (Å²) in [6.45, 7) is 6.90. The van der Waals surface area contributed by atoms with Crippen LogP contribution in [0, 0.1) is 13.8 Å². The Morgan fingerprint density at radius 1 is 1.04 bits per heavy atom. The number of benzene rings is 2. The Bertz CT molecular complexity index is 718. The molecule has 0 saturated carbocycles. The molecule has 1 heterocycles. The molecule has 2 nitrogen and oxygen atoms in total. The van der Waals surface area contributed by atoms with Gasteiger partial charge in [0.15, 0.2) is 0 Å². The van der Waals surface area contributed by atoms with Crippen LogP contribution in [0.15, 0.2) is 48.5 Å². The van der Waals surface area contributed by atoms with Crippen LogP contribution in [0.3, 0.4) is 0 Å². The SMILES string of the molecule is Cc1ccc(C2(C(=O)Cl)CCN(Cc3ccccc3)CC2)cc1C. The Hall–Kier alpha value is -1.64. The van der Waals surface area contributed by atoms with Crippen molar-refractivity contribution in [3.8, 4) is 0 Å². The Morgan fingerprint density at radius 3 is 2.29 bits per heavy atom. The Balaban J connectivity index is 1.77. The molecule has 1 aliphatic heterocycles. The normalized spacial score (nSPS) is 17.6. The second-order valence-corrected chi connectivity index (χ2v) is 7.26. The third-order valence-electron chi connectivity index (χ3n) is 5.39. The Morgan fingerprint density at radius 2 is 1.71 bits per heavy atom. The van der Waals surface area contributed by atoms with Crippen LogP contribution in [-0.2, 0) is 16.8 Å². The van der Waals surface area contributed by atoms with Gasteiger partial charge in [-0.15, -0.1) is 0 Å². The zero-order valence-electron chi connectivity index (χ0n) is 14.4. The molecule has 1 aliphatic rings. The van der Waals surface area contributed by atoms with Crippen molar-refractivity contribution < 1.29 is 4.79 Å². The predicted octanol–water partition coefficient (Wildman–Crippen LogP) is 4.60. The maximum absolute atomic E-state index is 12.3. The first-order valence-corrected chi connectivity index (χ1v) is 8.93. The zero-order valence-corrected chi connectivity index (χ0v) is 15.1. The van der Waals surface area contributed by atoms with E-state index in [0.29, 0.717) is 0 Å². The minimum atomic E-state index is -0.535. The lowest BCUT2D eigenvalue weighted by Crippen LogP contribution is -2.45. The lowest BCUT2D eigenvalue weighted by Gasteiger charge is -2.40. The molecule has 0 aromatic heterocycles. The summed E-state index contributed by atoms with van der Waals surface area (Å²) in [5.41, 5.74) is 4.32. The topological polar surface area (TPSA) is 20.3 Å². The standard InChI is InChI=1S/C21H24ClNO/c1-16-8-9-19(14-17(16)2)21(20(22)24)10-12-23(13-11-21)15-18-6-4-3-5-7-18/h3-9,14H,10-13,15H2,1-2H3. The molecule has 126 valence electrons. The second kappa shape index (κ2) is 7.08. The van der Waals surface area contributed by atoms with Gasteiger partial charge in [-0.05, 0) is 73.6 Å². The average molecular weight is 342 g/mol. The van der Waals surface area contributed by atoms with E-state index in [1.54, 1.807) is 0 Å². The van der Waals surface area contributed by atoms with Gasteiger partial charge in [-0.2, -0.15) is 0 Å². The van der Waals surface area contributed by atoms with E-state index in [-0.39, 0.29) is 5.24 Å². The monoisotopic (exact) mass is 341 g/mol. The summed E-state index contributed by atoms with van der Waals surface area (Å²) in [5, 5.41) is -0.217. The summed E-state index contributed by atoms with van der Waals surface area (Å²) < 4.78 is 0. The largest absolute Gasteiger partial charge is 0.299 e. The highest BCUT2D eigenvalue weighted by Crippen LogP contribution is 2.38. The molecule has 0 amide bonds. The van der Waals surface area contributed by atoms with Gasteiger partial charge in [-0.1, -0.05) is 48.5 Å². The van der Waals surface area contributed by atoms with Gasteiger partial charge in [0.05, 0.1) is 5.41 Å². The van der Waals surface area contributed by atoms with Crippen molar-refractivity contribution in [3.05, 3.63) is 70.8 Å². The maximum Gasteiger partial charge on any atom is 0.232 e. The highest BCUT2D eigenvalue weighted by atomic mass is 35.5. The van der Waals surface area contributed by atoms with E-state index in [4.69, 9.17) is 11.6 Å². The van der Waals surface area contributed by atoms with E-state index in [2.05, 4.69) is 61.2 Å². The Labute approximate surface area is 149 Å². The lowest BCUT2D eigenvalue weighted by molar-refractivity contribution is -0.118. The quantitative estimate of drug-likeness (QED) is 0.757. The van der Waals surface area contributed by atoms with Gasteiger partial charge in [-0.25, -0.2) is 0 Å². The fourth-order valence-corrected chi connectivity index (χ4v) is 3.87. The van der Waals surface area contributed by atoms with Crippen molar-refractivity contribution in [1.29, 1.82) is 0 Å². The summed E-state index contributed by atoms with van der Waals surface area (Å²) in [6, 6.07) is 16.8. The lowest BCUT2D eigenvalue weighted by atomic mass is 9.73. The van der Waals surface area contributed by atoms with Crippen LogP contribution < -0.4 is 0 Å². The van der Waals surface area contributed by atoms with Gasteiger partial charge in [0, 0.05) is 6.54 Å². The van der Waals surface area contributed by atoms with Gasteiger partial charge < -0.3 is 0 Å². The van der Waals surface area contributed by atoms with E-state index in [1.165, 1.54) is 16.7 Å². The fourth-order valence-electron chi connectivity index (χ4n) is 3.57. The number of aryl methyl sites for hydroxylation is 2. The van der Waals surface area contributed by atoms with Crippen molar-refractivity contribution >= 4 is 16.8 Å². The molecule has 0 spiro atoms. The molecule has 0 N–H and O–H groups in total. The van der Waals surface area contributed by atoms with Crippen molar-refractivity contribution in [3.63, 3.8) is 0 Å². The molecule has 0 bridgehead atoms. The maximum atomic E-state index is 12.3. The van der Waals surface area contributed by atoms with Crippen LogP contribution >= 0.6 is 11.6 Å². The number of piperidine rings is 1. The highest BCUT2D eigenvalue weighted by Gasteiger charge is 2.42. The first kappa shape index (κ1) is 17.2. The van der Waals surface area contributed by atoms with E-state index in [1.807, 2.05) is 6.07 Å². The molecule has 1 fully saturated rings. The number of hydrogen-bond acceptors (Lipinski definition) is 2. The van der Waals surface area contributed by atoms with Crippen LogP contribution in [0.25, 0.3) is 0 Å². The number of carbonyl (C=O) groups excluding carboxylic acids is 1. The molecule has 0 aliphatic carbocycles. The summed E-state index contributed by atoms with van der Waals surface area (Å²) in [6.07, 6.45) is 1.56. The van der Waals surface area contributed by atoms with Crippen LogP contribution in [-0.4, -0.2) is 23.2 Å². The fraction of sp³-hybridized carbons (Fsp3) is 0.381. The molecular weight excluding hydrogens is 318 g/mol. The molecular formula is C21H24ClNO. The number of halogens is 1. The summed E-state index contributed by atoms with van der Waals surface area (Å²) in [7, 11) is 0. The molecule has 0 unspecified atom stereocenters. The van der Waals surface area contributed by atoms with Crippen molar-refractivity contribution in [2.75, 3.05) is 13.1 Å². The van der Waals surface area contributed by atoms with Crippen LogP contribution in [0.1, 0.15) is 35.1 Å². The number of hydrogen-bond donors (Lipinski definition) is 0. The van der Waals surface area contributed by atoms with Crippen molar-refractivity contribution in [2.45, 2.75) is 38.6 Å². The van der Waals surface area contributed by atoms with E-state index in [0.717, 1.165) is 38.0 Å². The molecule has 3 rings (SSSR count). The van der Waals surface area contributed by atoms with Crippen LogP contribution in [0.2, 0.25) is 0 Å². The van der Waals surface area contributed by atoms with Gasteiger partial charge in [-0.3, -0.25) is 9.69 Å². The van der Waals surface area contributed by atoms with Gasteiger partial charge >= 0.3 is 0 Å². The molecule has 3 heteroatoms. The van der Waals surface area contributed by atoms with Crippen molar-refractivity contribution in [1.82, 2.24) is 4.90 Å². The zero-order chi connectivity index (χ0) is 17.2. The third kappa shape index (κ3) is 3.40. The smallest absolute Gasteiger partial charge is 0.232 e. The molecule has 0 radical (unpaired) electrons. The number of rotatable bonds is 4. The van der Waals surface area contributed by atoms with Gasteiger partial charge in [0.2, 0.25) is 5.24 Å². The molecule has 1 saturated heterocycles. The van der Waals surface area contributed by atoms with E-state index < -0.39 is 5.41 Å². The summed E-state index contributed by atoms with van der Waals surface area (Å²) in [4.78, 5) is 14.7. The van der Waals surface area contributed by atoms with E-state index >= 15 is 0 Å².